The second-order valence-electron chi connectivity index (χ2n) is 8.75. The number of rotatable bonds is 7. The number of hydrogen-bond donors (Lipinski definition) is 0. The van der Waals surface area contributed by atoms with Gasteiger partial charge >= 0.3 is 0 Å². The summed E-state index contributed by atoms with van der Waals surface area (Å²) in [5.74, 6) is -0.664. The van der Waals surface area contributed by atoms with E-state index >= 15 is 0 Å². The number of carbonyl (C=O) groups is 1. The summed E-state index contributed by atoms with van der Waals surface area (Å²) in [5, 5.41) is 0.506. The summed E-state index contributed by atoms with van der Waals surface area (Å²) in [4.78, 5) is 24.5. The molecule has 8 nitrogen and oxygen atoms in total. The van der Waals surface area contributed by atoms with Gasteiger partial charge in [-0.25, -0.2) is 17.8 Å². The number of amides is 1. The molecule has 3 heterocycles. The molecule has 5 rings (SSSR count). The lowest BCUT2D eigenvalue weighted by Crippen LogP contribution is -2.46. The molecule has 11 heteroatoms. The van der Waals surface area contributed by atoms with Crippen molar-refractivity contribution in [2.45, 2.75) is 24.3 Å². The van der Waals surface area contributed by atoms with E-state index in [1.54, 1.807) is 30.5 Å². The van der Waals surface area contributed by atoms with E-state index in [9.17, 15) is 17.6 Å². The van der Waals surface area contributed by atoms with Gasteiger partial charge in [-0.1, -0.05) is 23.5 Å². The fourth-order valence-corrected chi connectivity index (χ4v) is 6.96. The summed E-state index contributed by atoms with van der Waals surface area (Å²) in [6.07, 6.45) is 4.44. The van der Waals surface area contributed by atoms with Crippen LogP contribution in [0.15, 0.2) is 71.9 Å². The number of sulfonamides is 1. The summed E-state index contributed by atoms with van der Waals surface area (Å²) in [6.45, 7) is 0.580. The first-order valence-corrected chi connectivity index (χ1v) is 14.0. The molecule has 0 bridgehead atoms. The number of halogens is 1. The molecule has 2 aromatic heterocycles. The molecule has 1 fully saturated rings. The van der Waals surface area contributed by atoms with Crippen molar-refractivity contribution in [1.29, 1.82) is 0 Å². The molecule has 37 heavy (non-hydrogen) atoms. The molecule has 0 spiro atoms. The second-order valence-corrected chi connectivity index (χ2v) is 11.7. The highest BCUT2D eigenvalue weighted by molar-refractivity contribution is 7.89. The quantitative estimate of drug-likeness (QED) is 0.343. The van der Waals surface area contributed by atoms with Crippen molar-refractivity contribution in [2.24, 2.45) is 5.92 Å². The Morgan fingerprint density at radius 1 is 1.19 bits per heavy atom. The van der Waals surface area contributed by atoms with Gasteiger partial charge in [0.1, 0.15) is 17.1 Å². The molecule has 1 atom stereocenters. The molecule has 1 saturated heterocycles. The van der Waals surface area contributed by atoms with E-state index in [1.165, 1.54) is 27.8 Å². The molecule has 1 unspecified atom stereocenters. The average molecular weight is 541 g/mol. The Bertz CT molecular complexity index is 1510. The maximum absolute atomic E-state index is 14.0. The van der Waals surface area contributed by atoms with Crippen LogP contribution in [-0.2, 0) is 21.4 Å². The van der Waals surface area contributed by atoms with Crippen molar-refractivity contribution in [3.63, 3.8) is 0 Å². The number of carbonyl (C=O) groups excluding carboxylic acids is 1. The number of piperidine rings is 1. The number of pyridine rings is 1. The smallest absolute Gasteiger partial charge is 0.243 e. The van der Waals surface area contributed by atoms with Crippen LogP contribution < -0.4 is 9.64 Å². The number of benzene rings is 2. The van der Waals surface area contributed by atoms with Crippen LogP contribution in [0.5, 0.6) is 5.75 Å². The summed E-state index contributed by atoms with van der Waals surface area (Å²) in [7, 11) is -2.29. The van der Waals surface area contributed by atoms with Crippen LogP contribution in [0.25, 0.3) is 10.2 Å². The predicted octanol–water partition coefficient (Wildman–Crippen LogP) is 4.47. The van der Waals surface area contributed by atoms with Gasteiger partial charge in [0, 0.05) is 25.5 Å². The van der Waals surface area contributed by atoms with E-state index in [-0.39, 0.29) is 23.9 Å². The van der Waals surface area contributed by atoms with E-state index in [0.717, 1.165) is 22.4 Å². The standard InChI is InChI=1S/C26H25FN4O4S2/c1-35-22-7-2-8-23-24(22)29-26(36-23)31(16-18-5-3-13-28-15-18)25(32)19-6-4-14-30(17-19)37(33,34)21-11-9-20(27)10-12-21/h2-3,5,7-13,15,19H,4,6,14,16-17H2,1H3. The summed E-state index contributed by atoms with van der Waals surface area (Å²) in [5.41, 5.74) is 1.49. The van der Waals surface area contributed by atoms with E-state index in [0.29, 0.717) is 35.8 Å². The molecule has 192 valence electrons. The number of anilines is 1. The maximum atomic E-state index is 14.0. The minimum atomic E-state index is -3.87. The van der Waals surface area contributed by atoms with Gasteiger partial charge in [-0.05, 0) is 60.9 Å². The Balaban J connectivity index is 1.46. The van der Waals surface area contributed by atoms with Crippen molar-refractivity contribution in [2.75, 3.05) is 25.1 Å². The second kappa shape index (κ2) is 10.5. The third-order valence-corrected chi connectivity index (χ3v) is 9.26. The number of para-hydroxylation sites is 1. The maximum Gasteiger partial charge on any atom is 0.243 e. The lowest BCUT2D eigenvalue weighted by Gasteiger charge is -2.33. The Labute approximate surface area is 218 Å². The zero-order valence-electron chi connectivity index (χ0n) is 20.1. The van der Waals surface area contributed by atoms with Gasteiger partial charge in [0.05, 0.1) is 29.2 Å². The van der Waals surface area contributed by atoms with Crippen molar-refractivity contribution in [3.8, 4) is 5.75 Å². The third-order valence-electron chi connectivity index (χ3n) is 6.34. The van der Waals surface area contributed by atoms with Crippen LogP contribution in [0.3, 0.4) is 0 Å². The van der Waals surface area contributed by atoms with Crippen LogP contribution in [0.4, 0.5) is 9.52 Å². The van der Waals surface area contributed by atoms with E-state index in [4.69, 9.17) is 9.72 Å². The van der Waals surface area contributed by atoms with Crippen molar-refractivity contribution < 1.29 is 22.3 Å². The number of methoxy groups -OCH3 is 1. The fraction of sp³-hybridized carbons (Fsp3) is 0.269. The van der Waals surface area contributed by atoms with Crippen LogP contribution in [0, 0.1) is 11.7 Å². The first kappa shape index (κ1) is 25.2. The first-order valence-electron chi connectivity index (χ1n) is 11.8. The summed E-state index contributed by atoms with van der Waals surface area (Å²) in [6, 6.07) is 14.0. The Morgan fingerprint density at radius 3 is 2.73 bits per heavy atom. The number of aromatic nitrogens is 2. The van der Waals surface area contributed by atoms with Gasteiger partial charge in [0.2, 0.25) is 15.9 Å². The predicted molar refractivity (Wildman–Crippen MR) is 139 cm³/mol. The van der Waals surface area contributed by atoms with Gasteiger partial charge in [-0.15, -0.1) is 0 Å². The molecule has 1 aliphatic rings. The SMILES string of the molecule is COc1cccc2sc(N(Cc3cccnc3)C(=O)C3CCCN(S(=O)(=O)c4ccc(F)cc4)C3)nc12. The minimum Gasteiger partial charge on any atom is -0.494 e. The Morgan fingerprint density at radius 2 is 2.00 bits per heavy atom. The number of thiazole rings is 1. The molecule has 1 amide bonds. The van der Waals surface area contributed by atoms with Gasteiger partial charge in [0.15, 0.2) is 5.13 Å². The summed E-state index contributed by atoms with van der Waals surface area (Å²) >= 11 is 1.38. The zero-order valence-corrected chi connectivity index (χ0v) is 21.7. The molecule has 0 saturated carbocycles. The van der Waals surface area contributed by atoms with Crippen molar-refractivity contribution >= 4 is 42.6 Å². The fourth-order valence-electron chi connectivity index (χ4n) is 4.44. The Hall–Kier alpha value is -3.41. The highest BCUT2D eigenvalue weighted by atomic mass is 32.2. The molecular weight excluding hydrogens is 515 g/mol. The highest BCUT2D eigenvalue weighted by Crippen LogP contribution is 2.36. The topological polar surface area (TPSA) is 92.7 Å². The molecular formula is C26H25FN4O4S2. The lowest BCUT2D eigenvalue weighted by atomic mass is 9.98. The summed E-state index contributed by atoms with van der Waals surface area (Å²) < 4.78 is 47.5. The van der Waals surface area contributed by atoms with Crippen LogP contribution >= 0.6 is 11.3 Å². The number of ether oxygens (including phenoxy) is 1. The molecule has 2 aromatic carbocycles. The zero-order chi connectivity index (χ0) is 26.0. The number of nitrogens with zero attached hydrogens (tertiary/aromatic N) is 4. The van der Waals surface area contributed by atoms with Crippen molar-refractivity contribution in [1.82, 2.24) is 14.3 Å². The average Bonchev–Trinajstić information content (AvgIpc) is 3.36. The third kappa shape index (κ3) is 5.20. The van der Waals surface area contributed by atoms with E-state index < -0.39 is 21.8 Å². The van der Waals surface area contributed by atoms with Gasteiger partial charge in [-0.2, -0.15) is 4.31 Å². The van der Waals surface area contributed by atoms with Crippen molar-refractivity contribution in [3.05, 3.63) is 78.4 Å². The number of hydrogen-bond acceptors (Lipinski definition) is 7. The minimum absolute atomic E-state index is 0.00693. The van der Waals surface area contributed by atoms with Gasteiger partial charge in [0.25, 0.3) is 0 Å². The largest absolute Gasteiger partial charge is 0.494 e. The van der Waals surface area contributed by atoms with E-state index in [2.05, 4.69) is 4.98 Å². The highest BCUT2D eigenvalue weighted by Gasteiger charge is 2.36. The molecule has 1 aliphatic heterocycles. The van der Waals surface area contributed by atoms with Crippen LogP contribution in [0.1, 0.15) is 18.4 Å². The lowest BCUT2D eigenvalue weighted by molar-refractivity contribution is -0.123. The molecule has 0 radical (unpaired) electrons. The normalized spacial score (nSPS) is 16.5. The first-order chi connectivity index (χ1) is 17.9. The van der Waals surface area contributed by atoms with Crippen LogP contribution in [0.2, 0.25) is 0 Å². The van der Waals surface area contributed by atoms with E-state index in [1.807, 2.05) is 24.3 Å². The van der Waals surface area contributed by atoms with Gasteiger partial charge < -0.3 is 4.74 Å². The monoisotopic (exact) mass is 540 g/mol. The van der Waals surface area contributed by atoms with Gasteiger partial charge in [-0.3, -0.25) is 14.7 Å². The number of fused-ring (bicyclic) bond motifs is 1. The molecule has 0 N–H and O–H groups in total. The Kier molecular flexibility index (Phi) is 7.18. The van der Waals surface area contributed by atoms with Crippen LogP contribution in [-0.4, -0.2) is 48.8 Å². The molecule has 4 aromatic rings. The molecule has 0 aliphatic carbocycles.